The summed E-state index contributed by atoms with van der Waals surface area (Å²) in [6, 6.07) is 5.09. The minimum absolute atomic E-state index is 0.244. The summed E-state index contributed by atoms with van der Waals surface area (Å²) < 4.78 is 13.8. The van der Waals surface area contributed by atoms with E-state index in [0.717, 1.165) is 19.4 Å². The molecule has 88 valence electrons. The maximum absolute atomic E-state index is 13.8. The Bertz CT molecular complexity index is 370. The van der Waals surface area contributed by atoms with Crippen molar-refractivity contribution >= 4 is 23.0 Å². The van der Waals surface area contributed by atoms with Gasteiger partial charge in [-0.3, -0.25) is 0 Å². The predicted molar refractivity (Wildman–Crippen MR) is 66.5 cm³/mol. The predicted octanol–water partition coefficient (Wildman–Crippen LogP) is 3.01. The third-order valence-corrected chi connectivity index (χ3v) is 3.44. The molecule has 4 heteroatoms. The summed E-state index contributed by atoms with van der Waals surface area (Å²) in [5.41, 5.74) is 6.62. The number of hydrogen-bond acceptors (Lipinski definition) is 2. The van der Waals surface area contributed by atoms with Gasteiger partial charge in [-0.1, -0.05) is 0 Å². The molecule has 1 atom stereocenters. The lowest BCUT2D eigenvalue weighted by Crippen LogP contribution is -2.41. The van der Waals surface area contributed by atoms with Crippen molar-refractivity contribution in [3.63, 3.8) is 0 Å². The molecule has 0 radical (unpaired) electrons. The van der Waals surface area contributed by atoms with Gasteiger partial charge in [-0.2, -0.15) is 0 Å². The van der Waals surface area contributed by atoms with Crippen LogP contribution in [0.2, 0.25) is 0 Å². The Morgan fingerprint density at radius 3 is 2.94 bits per heavy atom. The zero-order valence-electron chi connectivity index (χ0n) is 9.13. The van der Waals surface area contributed by atoms with E-state index in [1.807, 2.05) is 0 Å². The highest BCUT2D eigenvalue weighted by atomic mass is 35.5. The van der Waals surface area contributed by atoms with Gasteiger partial charge in [-0.05, 0) is 37.5 Å². The van der Waals surface area contributed by atoms with Gasteiger partial charge in [-0.25, -0.2) is 4.39 Å². The molecule has 1 heterocycles. The van der Waals surface area contributed by atoms with E-state index in [9.17, 15) is 4.39 Å². The lowest BCUT2D eigenvalue weighted by molar-refractivity contribution is 0.479. The minimum atomic E-state index is -0.253. The standard InChI is InChI=1S/C12H16ClFN2/c13-8-10-3-1-2-6-16(10)12-5-4-9(15)7-11(12)14/h4-5,7,10H,1-3,6,8,15H2. The van der Waals surface area contributed by atoms with Crippen LogP contribution in [0.25, 0.3) is 0 Å². The lowest BCUT2D eigenvalue weighted by Gasteiger charge is -2.36. The fourth-order valence-electron chi connectivity index (χ4n) is 2.23. The van der Waals surface area contributed by atoms with E-state index in [2.05, 4.69) is 4.90 Å². The molecule has 1 unspecified atom stereocenters. The molecule has 0 saturated carbocycles. The van der Waals surface area contributed by atoms with Crippen molar-refractivity contribution in [1.82, 2.24) is 0 Å². The van der Waals surface area contributed by atoms with Crippen LogP contribution in [-0.2, 0) is 0 Å². The third-order valence-electron chi connectivity index (χ3n) is 3.09. The maximum atomic E-state index is 13.8. The van der Waals surface area contributed by atoms with Crippen LogP contribution in [0.4, 0.5) is 15.8 Å². The number of nitrogens with two attached hydrogens (primary N) is 1. The summed E-state index contributed by atoms with van der Waals surface area (Å²) in [7, 11) is 0. The molecule has 1 aromatic carbocycles. The molecule has 0 aromatic heterocycles. The van der Waals surface area contributed by atoms with Gasteiger partial charge in [0.25, 0.3) is 0 Å². The van der Waals surface area contributed by atoms with Crippen LogP contribution in [0, 0.1) is 5.82 Å². The summed E-state index contributed by atoms with van der Waals surface area (Å²) >= 11 is 5.92. The van der Waals surface area contributed by atoms with Crippen molar-refractivity contribution in [1.29, 1.82) is 0 Å². The fraction of sp³-hybridized carbons (Fsp3) is 0.500. The summed E-state index contributed by atoms with van der Waals surface area (Å²) in [5.74, 6) is 0.293. The Morgan fingerprint density at radius 1 is 1.44 bits per heavy atom. The molecule has 0 amide bonds. The van der Waals surface area contributed by atoms with Gasteiger partial charge in [0.15, 0.2) is 0 Å². The molecule has 2 rings (SSSR count). The molecular formula is C12H16ClFN2. The summed E-state index contributed by atoms with van der Waals surface area (Å²) in [4.78, 5) is 2.06. The number of benzene rings is 1. The molecule has 1 aromatic rings. The normalized spacial score (nSPS) is 21.1. The van der Waals surface area contributed by atoms with E-state index in [-0.39, 0.29) is 11.9 Å². The van der Waals surface area contributed by atoms with Crippen LogP contribution in [0.3, 0.4) is 0 Å². The van der Waals surface area contributed by atoms with E-state index in [4.69, 9.17) is 17.3 Å². The quantitative estimate of drug-likeness (QED) is 0.638. The van der Waals surface area contributed by atoms with Gasteiger partial charge < -0.3 is 10.6 Å². The molecule has 16 heavy (non-hydrogen) atoms. The van der Waals surface area contributed by atoms with Gasteiger partial charge in [0, 0.05) is 24.2 Å². The Balaban J connectivity index is 2.27. The van der Waals surface area contributed by atoms with Crippen LogP contribution in [-0.4, -0.2) is 18.5 Å². The topological polar surface area (TPSA) is 29.3 Å². The Morgan fingerprint density at radius 2 is 2.25 bits per heavy atom. The number of halogens is 2. The van der Waals surface area contributed by atoms with Crippen LogP contribution in [0.5, 0.6) is 0 Å². The first-order chi connectivity index (χ1) is 7.72. The SMILES string of the molecule is Nc1ccc(N2CCCCC2CCl)c(F)c1. The van der Waals surface area contributed by atoms with Gasteiger partial charge in [-0.15, -0.1) is 11.6 Å². The average molecular weight is 243 g/mol. The van der Waals surface area contributed by atoms with Crippen molar-refractivity contribution < 1.29 is 4.39 Å². The second-order valence-electron chi connectivity index (χ2n) is 4.21. The fourth-order valence-corrected chi connectivity index (χ4v) is 2.56. The minimum Gasteiger partial charge on any atom is -0.399 e. The molecule has 0 bridgehead atoms. The number of nitrogens with zero attached hydrogens (tertiary/aromatic N) is 1. The lowest BCUT2D eigenvalue weighted by atomic mass is 10.0. The van der Waals surface area contributed by atoms with Gasteiger partial charge in [0.1, 0.15) is 5.82 Å². The summed E-state index contributed by atoms with van der Waals surface area (Å²) in [6.07, 6.45) is 3.30. The monoisotopic (exact) mass is 242 g/mol. The van der Waals surface area contributed by atoms with E-state index < -0.39 is 0 Å². The average Bonchev–Trinajstić information content (AvgIpc) is 2.29. The van der Waals surface area contributed by atoms with Crippen molar-refractivity contribution in [3.05, 3.63) is 24.0 Å². The molecule has 0 aliphatic carbocycles. The van der Waals surface area contributed by atoms with Crippen LogP contribution in [0.1, 0.15) is 19.3 Å². The van der Waals surface area contributed by atoms with Crippen LogP contribution < -0.4 is 10.6 Å². The molecule has 2 nitrogen and oxygen atoms in total. The highest BCUT2D eigenvalue weighted by Crippen LogP contribution is 2.28. The van der Waals surface area contributed by atoms with E-state index in [1.165, 1.54) is 12.5 Å². The molecule has 1 aliphatic heterocycles. The Hall–Kier alpha value is -0.960. The van der Waals surface area contributed by atoms with Crippen LogP contribution in [0.15, 0.2) is 18.2 Å². The van der Waals surface area contributed by atoms with Gasteiger partial charge in [0.05, 0.1) is 5.69 Å². The van der Waals surface area contributed by atoms with E-state index in [1.54, 1.807) is 12.1 Å². The largest absolute Gasteiger partial charge is 0.399 e. The smallest absolute Gasteiger partial charge is 0.148 e. The van der Waals surface area contributed by atoms with Crippen molar-refractivity contribution in [2.24, 2.45) is 0 Å². The molecule has 1 fully saturated rings. The molecular weight excluding hydrogens is 227 g/mol. The van der Waals surface area contributed by atoms with Crippen molar-refractivity contribution in [2.45, 2.75) is 25.3 Å². The van der Waals surface area contributed by atoms with Gasteiger partial charge >= 0.3 is 0 Å². The summed E-state index contributed by atoms with van der Waals surface area (Å²) in [6.45, 7) is 0.873. The highest BCUT2D eigenvalue weighted by Gasteiger charge is 2.23. The number of rotatable bonds is 2. The first-order valence-corrected chi connectivity index (χ1v) is 6.13. The first-order valence-electron chi connectivity index (χ1n) is 5.60. The second kappa shape index (κ2) is 4.91. The van der Waals surface area contributed by atoms with Crippen molar-refractivity contribution in [2.75, 3.05) is 23.1 Å². The number of anilines is 2. The van der Waals surface area contributed by atoms with E-state index >= 15 is 0 Å². The first kappa shape index (κ1) is 11.5. The van der Waals surface area contributed by atoms with E-state index in [0.29, 0.717) is 17.3 Å². The number of alkyl halides is 1. The number of piperidine rings is 1. The number of nitrogen functional groups attached to an aromatic ring is 1. The molecule has 0 spiro atoms. The number of hydrogen-bond donors (Lipinski definition) is 1. The molecule has 2 N–H and O–H groups in total. The van der Waals surface area contributed by atoms with Gasteiger partial charge in [0.2, 0.25) is 0 Å². The molecule has 1 aliphatic rings. The zero-order chi connectivity index (χ0) is 11.5. The Labute approximate surface area is 100 Å². The third kappa shape index (κ3) is 2.24. The van der Waals surface area contributed by atoms with Crippen LogP contribution >= 0.6 is 11.6 Å². The Kier molecular flexibility index (Phi) is 3.54. The van der Waals surface area contributed by atoms with Crippen molar-refractivity contribution in [3.8, 4) is 0 Å². The summed E-state index contributed by atoms with van der Waals surface area (Å²) in [5, 5.41) is 0. The molecule has 1 saturated heterocycles. The second-order valence-corrected chi connectivity index (χ2v) is 4.52. The maximum Gasteiger partial charge on any atom is 0.148 e. The zero-order valence-corrected chi connectivity index (χ0v) is 9.88. The highest BCUT2D eigenvalue weighted by molar-refractivity contribution is 6.18.